The third-order valence-electron chi connectivity index (χ3n) is 2.54. The minimum Gasteiger partial charge on any atom is -0.399 e. The van der Waals surface area contributed by atoms with Gasteiger partial charge in [-0.2, -0.15) is 15.4 Å². The van der Waals surface area contributed by atoms with Crippen LogP contribution in [0.4, 0.5) is 5.69 Å². The van der Waals surface area contributed by atoms with Crippen LogP contribution in [0.1, 0.15) is 0 Å². The highest BCUT2D eigenvalue weighted by Crippen LogP contribution is 2.26. The maximum Gasteiger partial charge on any atom is 0.120 e. The number of nitrogens with one attached hydrogen (secondary N) is 1. The molecule has 0 saturated heterocycles. The second-order valence-electron chi connectivity index (χ2n) is 3.62. The van der Waals surface area contributed by atoms with Gasteiger partial charge in [0.25, 0.3) is 0 Å². The first-order valence-corrected chi connectivity index (χ1v) is 5.00. The lowest BCUT2D eigenvalue weighted by atomic mass is 10.0. The van der Waals surface area contributed by atoms with Gasteiger partial charge in [-0.25, -0.2) is 0 Å². The Hall–Kier alpha value is -2.36. The predicted octanol–water partition coefficient (Wildman–Crippen LogP) is 2.21. The van der Waals surface area contributed by atoms with Gasteiger partial charge in [0.05, 0.1) is 0 Å². The Bertz CT molecular complexity index is 642. The van der Waals surface area contributed by atoms with Crippen molar-refractivity contribution in [3.05, 3.63) is 42.5 Å². The van der Waals surface area contributed by atoms with E-state index < -0.39 is 0 Å². The number of nitrogens with two attached hydrogens (primary N) is 1. The average Bonchev–Trinajstić information content (AvgIpc) is 2.76. The van der Waals surface area contributed by atoms with Crippen molar-refractivity contribution in [2.24, 2.45) is 0 Å². The van der Waals surface area contributed by atoms with Gasteiger partial charge in [-0.1, -0.05) is 24.3 Å². The van der Waals surface area contributed by atoms with Crippen LogP contribution in [0.3, 0.4) is 0 Å². The number of benzene rings is 2. The standard InChI is InChI=1S/C12H10N4/c13-9-4-1-3-8(7-9)10-5-2-6-11-12(10)15-16-14-11/h1-7H,13H2,(H,14,15,16). The van der Waals surface area contributed by atoms with Crippen LogP contribution in [0.15, 0.2) is 42.5 Å². The number of fused-ring (bicyclic) bond motifs is 1. The molecule has 1 heterocycles. The summed E-state index contributed by atoms with van der Waals surface area (Å²) in [5.74, 6) is 0. The summed E-state index contributed by atoms with van der Waals surface area (Å²) >= 11 is 0. The molecule has 0 spiro atoms. The molecule has 3 rings (SSSR count). The first-order chi connectivity index (χ1) is 7.84. The zero-order valence-corrected chi connectivity index (χ0v) is 8.51. The molecule has 78 valence electrons. The van der Waals surface area contributed by atoms with Gasteiger partial charge in [0.2, 0.25) is 0 Å². The lowest BCUT2D eigenvalue weighted by Gasteiger charge is -2.02. The number of aromatic nitrogens is 3. The molecule has 0 radical (unpaired) electrons. The van der Waals surface area contributed by atoms with Gasteiger partial charge in [0, 0.05) is 11.3 Å². The van der Waals surface area contributed by atoms with E-state index in [0.29, 0.717) is 0 Å². The summed E-state index contributed by atoms with van der Waals surface area (Å²) in [5, 5.41) is 10.8. The summed E-state index contributed by atoms with van der Waals surface area (Å²) < 4.78 is 0. The Morgan fingerprint density at radius 3 is 2.75 bits per heavy atom. The van der Waals surface area contributed by atoms with Crippen molar-refractivity contribution < 1.29 is 0 Å². The zero-order valence-electron chi connectivity index (χ0n) is 8.51. The average molecular weight is 210 g/mol. The molecule has 0 bridgehead atoms. The van der Waals surface area contributed by atoms with E-state index in [9.17, 15) is 0 Å². The molecule has 4 heteroatoms. The van der Waals surface area contributed by atoms with Crippen LogP contribution in [-0.2, 0) is 0 Å². The molecule has 0 unspecified atom stereocenters. The Labute approximate surface area is 92.1 Å². The van der Waals surface area contributed by atoms with Gasteiger partial charge in [-0.15, -0.1) is 0 Å². The molecule has 0 aliphatic heterocycles. The van der Waals surface area contributed by atoms with Crippen LogP contribution in [-0.4, -0.2) is 15.4 Å². The molecule has 0 atom stereocenters. The fourth-order valence-corrected chi connectivity index (χ4v) is 1.81. The lowest BCUT2D eigenvalue weighted by molar-refractivity contribution is 0.959. The number of nitrogens with zero attached hydrogens (tertiary/aromatic N) is 2. The number of hydrogen-bond acceptors (Lipinski definition) is 3. The van der Waals surface area contributed by atoms with E-state index >= 15 is 0 Å². The number of H-pyrrole nitrogens is 1. The highest BCUT2D eigenvalue weighted by molar-refractivity contribution is 5.91. The normalized spacial score (nSPS) is 10.8. The van der Waals surface area contributed by atoms with Crippen LogP contribution >= 0.6 is 0 Å². The molecular weight excluding hydrogens is 200 g/mol. The molecule has 1 aromatic heterocycles. The monoisotopic (exact) mass is 210 g/mol. The molecule has 0 aliphatic rings. The Morgan fingerprint density at radius 1 is 1.00 bits per heavy atom. The van der Waals surface area contributed by atoms with E-state index in [0.717, 1.165) is 27.8 Å². The van der Waals surface area contributed by atoms with Gasteiger partial charge < -0.3 is 5.73 Å². The maximum absolute atomic E-state index is 5.77. The molecule has 16 heavy (non-hydrogen) atoms. The first kappa shape index (κ1) is 8.91. The van der Waals surface area contributed by atoms with E-state index in [4.69, 9.17) is 5.73 Å². The van der Waals surface area contributed by atoms with E-state index in [1.807, 2.05) is 42.5 Å². The predicted molar refractivity (Wildman–Crippen MR) is 63.7 cm³/mol. The third-order valence-corrected chi connectivity index (χ3v) is 2.54. The van der Waals surface area contributed by atoms with Gasteiger partial charge in [-0.3, -0.25) is 0 Å². The fourth-order valence-electron chi connectivity index (χ4n) is 1.81. The summed E-state index contributed by atoms with van der Waals surface area (Å²) in [7, 11) is 0. The van der Waals surface area contributed by atoms with E-state index in [2.05, 4.69) is 15.4 Å². The number of nitrogen functional groups attached to an aromatic ring is 1. The Morgan fingerprint density at radius 2 is 1.88 bits per heavy atom. The highest BCUT2D eigenvalue weighted by Gasteiger charge is 2.06. The molecule has 4 nitrogen and oxygen atoms in total. The topological polar surface area (TPSA) is 67.6 Å². The van der Waals surface area contributed by atoms with E-state index in [1.54, 1.807) is 0 Å². The van der Waals surface area contributed by atoms with Crippen molar-refractivity contribution in [3.63, 3.8) is 0 Å². The summed E-state index contributed by atoms with van der Waals surface area (Å²) in [5.41, 5.74) is 10.3. The summed E-state index contributed by atoms with van der Waals surface area (Å²) in [6, 6.07) is 13.6. The minimum absolute atomic E-state index is 0.748. The van der Waals surface area contributed by atoms with Gasteiger partial charge >= 0.3 is 0 Å². The van der Waals surface area contributed by atoms with Crippen LogP contribution < -0.4 is 5.73 Å². The lowest BCUT2D eigenvalue weighted by Crippen LogP contribution is -1.86. The minimum atomic E-state index is 0.748. The molecule has 0 amide bonds. The van der Waals surface area contributed by atoms with Crippen molar-refractivity contribution in [2.45, 2.75) is 0 Å². The Kier molecular flexibility index (Phi) is 1.86. The van der Waals surface area contributed by atoms with Gasteiger partial charge in [0.15, 0.2) is 0 Å². The molecule has 3 N–H and O–H groups in total. The van der Waals surface area contributed by atoms with Crippen LogP contribution in [0.2, 0.25) is 0 Å². The summed E-state index contributed by atoms with van der Waals surface area (Å²) in [6.07, 6.45) is 0. The molecule has 2 aromatic carbocycles. The van der Waals surface area contributed by atoms with E-state index in [-0.39, 0.29) is 0 Å². The van der Waals surface area contributed by atoms with Crippen LogP contribution in [0.25, 0.3) is 22.2 Å². The third kappa shape index (κ3) is 1.32. The Balaban J connectivity index is 2.29. The van der Waals surface area contributed by atoms with Crippen molar-refractivity contribution in [2.75, 3.05) is 5.73 Å². The number of para-hydroxylation sites is 1. The second kappa shape index (κ2) is 3.34. The molecular formula is C12H10N4. The highest BCUT2D eigenvalue weighted by atomic mass is 15.3. The first-order valence-electron chi connectivity index (χ1n) is 5.00. The zero-order chi connectivity index (χ0) is 11.0. The smallest absolute Gasteiger partial charge is 0.120 e. The molecule has 0 saturated carbocycles. The van der Waals surface area contributed by atoms with Crippen molar-refractivity contribution in [3.8, 4) is 11.1 Å². The fraction of sp³-hybridized carbons (Fsp3) is 0. The maximum atomic E-state index is 5.77. The second-order valence-corrected chi connectivity index (χ2v) is 3.62. The quantitative estimate of drug-likeness (QED) is 0.605. The van der Waals surface area contributed by atoms with Crippen molar-refractivity contribution in [1.82, 2.24) is 15.4 Å². The van der Waals surface area contributed by atoms with Crippen LogP contribution in [0.5, 0.6) is 0 Å². The number of aromatic amines is 1. The van der Waals surface area contributed by atoms with Crippen molar-refractivity contribution >= 4 is 16.7 Å². The molecule has 3 aromatic rings. The summed E-state index contributed by atoms with van der Waals surface area (Å²) in [4.78, 5) is 0. The number of rotatable bonds is 1. The SMILES string of the molecule is Nc1cccc(-c2cccc3n[nH]nc23)c1. The molecule has 0 fully saturated rings. The molecule has 0 aliphatic carbocycles. The largest absolute Gasteiger partial charge is 0.399 e. The van der Waals surface area contributed by atoms with E-state index in [1.165, 1.54) is 0 Å². The van der Waals surface area contributed by atoms with Crippen molar-refractivity contribution in [1.29, 1.82) is 0 Å². The summed E-state index contributed by atoms with van der Waals surface area (Å²) in [6.45, 7) is 0. The van der Waals surface area contributed by atoms with Crippen LogP contribution in [0, 0.1) is 0 Å². The number of hydrogen-bond donors (Lipinski definition) is 2. The van der Waals surface area contributed by atoms with Gasteiger partial charge in [0.1, 0.15) is 11.0 Å². The number of anilines is 1. The van der Waals surface area contributed by atoms with Gasteiger partial charge in [-0.05, 0) is 23.8 Å².